The first-order valence-electron chi connectivity index (χ1n) is 14.0. The van der Waals surface area contributed by atoms with Gasteiger partial charge < -0.3 is 25.1 Å². The van der Waals surface area contributed by atoms with Gasteiger partial charge in [0.15, 0.2) is 0 Å². The number of H-pyrrole nitrogens is 1. The number of hydrogen-bond acceptors (Lipinski definition) is 7. The van der Waals surface area contributed by atoms with Crippen LogP contribution >= 0.6 is 0 Å². The normalized spacial score (nSPS) is 12.4. The van der Waals surface area contributed by atoms with Crippen molar-refractivity contribution in [2.45, 2.75) is 32.4 Å². The molecule has 0 aliphatic carbocycles. The van der Waals surface area contributed by atoms with Crippen LogP contribution in [0.4, 0.5) is 16.2 Å². The van der Waals surface area contributed by atoms with E-state index in [0.717, 1.165) is 39.6 Å². The van der Waals surface area contributed by atoms with Crippen LogP contribution in [0.5, 0.6) is 0 Å². The number of ether oxygens (including phenoxy) is 1. The topological polar surface area (TPSA) is 130 Å². The zero-order valence-electron chi connectivity index (χ0n) is 24.3. The lowest BCUT2D eigenvalue weighted by molar-refractivity contribution is -0.108. The third-order valence-electron chi connectivity index (χ3n) is 7.33. The molecule has 2 heterocycles. The summed E-state index contributed by atoms with van der Waals surface area (Å²) in [5.41, 5.74) is 5.79. The molecule has 1 amide bonds. The highest BCUT2D eigenvalue weighted by atomic mass is 16.5. The monoisotopic (exact) mass is 578 g/mol. The summed E-state index contributed by atoms with van der Waals surface area (Å²) in [6.07, 6.45) is 5.50. The van der Waals surface area contributed by atoms with Crippen molar-refractivity contribution >= 4 is 34.5 Å². The minimum Gasteiger partial charge on any atom is -0.449 e. The number of aryl methyl sites for hydroxylation is 1. The minimum atomic E-state index is -0.599. The average Bonchev–Trinajstić information content (AvgIpc) is 3.54. The molecule has 0 aliphatic heterocycles. The lowest BCUT2D eigenvalue weighted by Gasteiger charge is -2.19. The highest BCUT2D eigenvalue weighted by Gasteiger charge is 2.17. The number of carbonyl (C=O) groups is 2. The van der Waals surface area contributed by atoms with Crippen LogP contribution in [0.2, 0.25) is 0 Å². The van der Waals surface area contributed by atoms with Crippen molar-refractivity contribution in [1.82, 2.24) is 20.1 Å². The van der Waals surface area contributed by atoms with Crippen LogP contribution < -0.4 is 21.5 Å². The quantitative estimate of drug-likeness (QED) is 0.153. The number of aromatic nitrogens is 3. The number of pyridine rings is 1. The molecule has 5 aromatic rings. The Bertz CT molecular complexity index is 1800. The van der Waals surface area contributed by atoms with Crippen molar-refractivity contribution < 1.29 is 14.3 Å². The number of aromatic amines is 1. The molecule has 2 aromatic heterocycles. The molecule has 43 heavy (non-hydrogen) atoms. The first-order valence-corrected chi connectivity index (χ1v) is 14.0. The second kappa shape index (κ2) is 13.2. The van der Waals surface area contributed by atoms with Crippen LogP contribution in [0.3, 0.4) is 0 Å². The van der Waals surface area contributed by atoms with Gasteiger partial charge in [-0.3, -0.25) is 10.1 Å². The van der Waals surface area contributed by atoms with Crippen molar-refractivity contribution in [3.8, 4) is 5.69 Å². The van der Waals surface area contributed by atoms with Crippen molar-refractivity contribution in [1.29, 1.82) is 0 Å². The SMILES string of the molecule is CNCc1cc(NC(=O)OC[C@H](C)c2ccc(C(C=O)Nc3ccc4cc[nH]c(=O)c4c3)cc2C)ccc1-n1cccn1. The molecule has 2 atom stereocenters. The molecule has 4 N–H and O–H groups in total. The Balaban J connectivity index is 1.21. The molecular formula is C33H34N6O4. The summed E-state index contributed by atoms with van der Waals surface area (Å²) >= 11 is 0. The Morgan fingerprint density at radius 1 is 1.09 bits per heavy atom. The van der Waals surface area contributed by atoms with Gasteiger partial charge >= 0.3 is 6.09 Å². The largest absolute Gasteiger partial charge is 0.449 e. The fourth-order valence-electron chi connectivity index (χ4n) is 5.17. The second-order valence-electron chi connectivity index (χ2n) is 10.4. The fraction of sp³-hybridized carbons (Fsp3) is 0.212. The van der Waals surface area contributed by atoms with Gasteiger partial charge in [-0.15, -0.1) is 0 Å². The Morgan fingerprint density at radius 3 is 2.67 bits per heavy atom. The number of aldehydes is 1. The van der Waals surface area contributed by atoms with Crippen LogP contribution in [0.15, 0.2) is 90.1 Å². The molecule has 5 rings (SSSR count). The molecule has 0 saturated carbocycles. The lowest BCUT2D eigenvalue weighted by Crippen LogP contribution is -2.18. The van der Waals surface area contributed by atoms with Crippen molar-refractivity contribution in [2.24, 2.45) is 0 Å². The third kappa shape index (κ3) is 6.82. The summed E-state index contributed by atoms with van der Waals surface area (Å²) in [7, 11) is 1.86. The van der Waals surface area contributed by atoms with Gasteiger partial charge in [0, 0.05) is 47.8 Å². The van der Waals surface area contributed by atoms with Crippen molar-refractivity contribution in [3.63, 3.8) is 0 Å². The molecule has 220 valence electrons. The Kier molecular flexibility index (Phi) is 8.97. The van der Waals surface area contributed by atoms with Gasteiger partial charge in [0.25, 0.3) is 5.56 Å². The molecule has 10 heteroatoms. The van der Waals surface area contributed by atoms with E-state index in [0.29, 0.717) is 23.3 Å². The zero-order valence-corrected chi connectivity index (χ0v) is 24.3. The minimum absolute atomic E-state index is 0.0725. The summed E-state index contributed by atoms with van der Waals surface area (Å²) in [5.74, 6) is -0.0725. The van der Waals surface area contributed by atoms with Gasteiger partial charge in [0.2, 0.25) is 0 Å². The number of carbonyl (C=O) groups excluding carboxylic acids is 2. The predicted molar refractivity (Wildman–Crippen MR) is 168 cm³/mol. The lowest BCUT2D eigenvalue weighted by atomic mass is 9.93. The van der Waals surface area contributed by atoms with Crippen LogP contribution in [-0.2, 0) is 16.1 Å². The zero-order chi connectivity index (χ0) is 30.3. The first kappa shape index (κ1) is 29.3. The number of benzene rings is 3. The van der Waals surface area contributed by atoms with E-state index in [2.05, 4.69) is 26.0 Å². The van der Waals surface area contributed by atoms with E-state index < -0.39 is 12.1 Å². The van der Waals surface area contributed by atoms with Crippen molar-refractivity contribution in [2.75, 3.05) is 24.3 Å². The summed E-state index contributed by atoms with van der Waals surface area (Å²) in [5, 5.41) is 14.9. The highest BCUT2D eigenvalue weighted by molar-refractivity contribution is 5.86. The van der Waals surface area contributed by atoms with Gasteiger partial charge in [-0.2, -0.15) is 5.10 Å². The standard InChI is InChI=1S/C33H34N6O4/c1-21-15-24(30(19-40)37-27-7-5-23-11-13-35-32(41)29(23)17-27)6-9-28(21)22(2)20-43-33(42)38-26-8-10-31(25(16-26)18-34-3)39-14-4-12-36-39/h4-17,19,22,30,34,37H,18,20H2,1-3H3,(H,35,41)(H,38,42)/t22-,30?/m0/s1. The van der Waals surface area contributed by atoms with E-state index in [1.807, 2.05) is 87.8 Å². The number of amides is 1. The Labute approximate surface area is 249 Å². The summed E-state index contributed by atoms with van der Waals surface area (Å²) in [6.45, 7) is 4.74. The summed E-state index contributed by atoms with van der Waals surface area (Å²) in [4.78, 5) is 39.5. The van der Waals surface area contributed by atoms with E-state index in [1.54, 1.807) is 23.1 Å². The highest BCUT2D eigenvalue weighted by Crippen LogP contribution is 2.26. The number of nitrogens with zero attached hydrogens (tertiary/aromatic N) is 2. The van der Waals surface area contributed by atoms with Gasteiger partial charge in [0.05, 0.1) is 12.3 Å². The van der Waals surface area contributed by atoms with Crippen LogP contribution in [0.1, 0.15) is 41.1 Å². The first-order chi connectivity index (χ1) is 20.9. The Morgan fingerprint density at radius 2 is 1.93 bits per heavy atom. The molecule has 0 fully saturated rings. The van der Waals surface area contributed by atoms with E-state index >= 15 is 0 Å². The molecule has 1 unspecified atom stereocenters. The van der Waals surface area contributed by atoms with Gasteiger partial charge in [-0.25, -0.2) is 9.48 Å². The van der Waals surface area contributed by atoms with Crippen molar-refractivity contribution in [3.05, 3.63) is 118 Å². The summed E-state index contributed by atoms with van der Waals surface area (Å²) in [6, 6.07) is 19.9. The van der Waals surface area contributed by atoms with Crippen LogP contribution in [0, 0.1) is 6.92 Å². The van der Waals surface area contributed by atoms with E-state index in [-0.39, 0.29) is 18.1 Å². The maximum atomic E-state index is 12.6. The molecule has 0 saturated heterocycles. The second-order valence-corrected chi connectivity index (χ2v) is 10.4. The van der Waals surface area contributed by atoms with E-state index in [1.165, 1.54) is 0 Å². The maximum Gasteiger partial charge on any atom is 0.411 e. The smallest absolute Gasteiger partial charge is 0.411 e. The predicted octanol–water partition coefficient (Wildman–Crippen LogP) is 5.45. The number of hydrogen-bond donors (Lipinski definition) is 4. The average molecular weight is 579 g/mol. The molecular weight excluding hydrogens is 544 g/mol. The number of fused-ring (bicyclic) bond motifs is 1. The molecule has 0 aliphatic rings. The molecule has 0 bridgehead atoms. The number of anilines is 2. The summed E-state index contributed by atoms with van der Waals surface area (Å²) < 4.78 is 7.34. The van der Waals surface area contributed by atoms with Crippen LogP contribution in [0.25, 0.3) is 16.5 Å². The third-order valence-corrected chi connectivity index (χ3v) is 7.33. The van der Waals surface area contributed by atoms with Gasteiger partial charge in [0.1, 0.15) is 12.3 Å². The number of nitrogens with one attached hydrogen (secondary N) is 4. The fourth-order valence-corrected chi connectivity index (χ4v) is 5.17. The molecule has 0 spiro atoms. The van der Waals surface area contributed by atoms with Gasteiger partial charge in [-0.05, 0) is 84.1 Å². The Hall–Kier alpha value is -5.22. The molecule has 0 radical (unpaired) electrons. The number of rotatable bonds is 11. The maximum absolute atomic E-state index is 12.6. The van der Waals surface area contributed by atoms with E-state index in [4.69, 9.17) is 4.74 Å². The van der Waals surface area contributed by atoms with Gasteiger partial charge in [-0.1, -0.05) is 31.2 Å². The molecule has 3 aromatic carbocycles. The van der Waals surface area contributed by atoms with Crippen LogP contribution in [-0.4, -0.2) is 40.8 Å². The van der Waals surface area contributed by atoms with E-state index in [9.17, 15) is 14.4 Å². The molecule has 10 nitrogen and oxygen atoms in total.